The number of carbonyl (C=O) groups excluding carboxylic acids is 1. The maximum atomic E-state index is 11.8. The molecule has 1 fully saturated rings. The quantitative estimate of drug-likeness (QED) is 0.671. The molecular formula is C19H33N5O. The van der Waals surface area contributed by atoms with Crippen LogP contribution in [0, 0.1) is 5.92 Å². The third-order valence-corrected chi connectivity index (χ3v) is 4.87. The molecule has 25 heavy (non-hydrogen) atoms. The van der Waals surface area contributed by atoms with Gasteiger partial charge in [-0.15, -0.1) is 0 Å². The highest BCUT2D eigenvalue weighted by molar-refractivity contribution is 5.75. The van der Waals surface area contributed by atoms with E-state index in [1.165, 1.54) is 0 Å². The average Bonchev–Trinajstić information content (AvgIpc) is 2.61. The van der Waals surface area contributed by atoms with Crippen molar-refractivity contribution in [3.05, 3.63) is 12.3 Å². The molecule has 0 radical (unpaired) electrons. The highest BCUT2D eigenvalue weighted by Gasteiger charge is 2.22. The SMILES string of the molecule is CCCCCC(=O)NC[C@H]1CC[C@@H](Nc2nccc(N(C)C)n2)CC1. The van der Waals surface area contributed by atoms with Crippen molar-refractivity contribution < 1.29 is 4.79 Å². The zero-order chi connectivity index (χ0) is 18.1. The zero-order valence-electron chi connectivity index (χ0n) is 15.9. The van der Waals surface area contributed by atoms with E-state index < -0.39 is 0 Å². The normalized spacial score (nSPS) is 20.1. The van der Waals surface area contributed by atoms with Gasteiger partial charge in [0.1, 0.15) is 5.82 Å². The summed E-state index contributed by atoms with van der Waals surface area (Å²) >= 11 is 0. The van der Waals surface area contributed by atoms with Gasteiger partial charge in [0, 0.05) is 39.3 Å². The summed E-state index contributed by atoms with van der Waals surface area (Å²) in [5.74, 6) is 2.43. The smallest absolute Gasteiger partial charge is 0.224 e. The van der Waals surface area contributed by atoms with Crippen LogP contribution in [0.15, 0.2) is 12.3 Å². The molecule has 1 heterocycles. The van der Waals surface area contributed by atoms with Crippen LogP contribution in [0.5, 0.6) is 0 Å². The lowest BCUT2D eigenvalue weighted by Gasteiger charge is -2.29. The molecule has 140 valence electrons. The van der Waals surface area contributed by atoms with Gasteiger partial charge in [-0.1, -0.05) is 19.8 Å². The Kier molecular flexibility index (Phi) is 7.95. The number of carbonyl (C=O) groups is 1. The number of hydrogen-bond acceptors (Lipinski definition) is 5. The van der Waals surface area contributed by atoms with Crippen molar-refractivity contribution in [2.45, 2.75) is 64.3 Å². The minimum atomic E-state index is 0.211. The summed E-state index contributed by atoms with van der Waals surface area (Å²) in [7, 11) is 3.96. The molecule has 1 aromatic heterocycles. The van der Waals surface area contributed by atoms with Crippen LogP contribution in [0.4, 0.5) is 11.8 Å². The van der Waals surface area contributed by atoms with Crippen molar-refractivity contribution in [3.63, 3.8) is 0 Å². The van der Waals surface area contributed by atoms with E-state index in [1.54, 1.807) is 6.20 Å². The summed E-state index contributed by atoms with van der Waals surface area (Å²) in [4.78, 5) is 22.6. The fourth-order valence-electron chi connectivity index (χ4n) is 3.24. The van der Waals surface area contributed by atoms with Gasteiger partial charge in [0.15, 0.2) is 0 Å². The maximum absolute atomic E-state index is 11.8. The van der Waals surface area contributed by atoms with E-state index in [-0.39, 0.29) is 5.91 Å². The van der Waals surface area contributed by atoms with Crippen LogP contribution in [0.3, 0.4) is 0 Å². The van der Waals surface area contributed by atoms with Gasteiger partial charge in [0.05, 0.1) is 0 Å². The molecule has 0 aliphatic heterocycles. The van der Waals surface area contributed by atoms with E-state index in [9.17, 15) is 4.79 Å². The Morgan fingerprint density at radius 1 is 1.24 bits per heavy atom. The zero-order valence-corrected chi connectivity index (χ0v) is 15.9. The van der Waals surface area contributed by atoms with Crippen molar-refractivity contribution in [1.29, 1.82) is 0 Å². The molecule has 2 rings (SSSR count). The van der Waals surface area contributed by atoms with Crippen LogP contribution in [0.1, 0.15) is 58.3 Å². The van der Waals surface area contributed by atoms with Crippen molar-refractivity contribution >= 4 is 17.7 Å². The summed E-state index contributed by atoms with van der Waals surface area (Å²) in [6, 6.07) is 2.33. The lowest BCUT2D eigenvalue weighted by Crippen LogP contribution is -2.34. The van der Waals surface area contributed by atoms with Gasteiger partial charge >= 0.3 is 0 Å². The molecule has 1 aliphatic carbocycles. The predicted molar refractivity (Wildman–Crippen MR) is 103 cm³/mol. The topological polar surface area (TPSA) is 70.2 Å². The van der Waals surface area contributed by atoms with Crippen molar-refractivity contribution in [3.8, 4) is 0 Å². The van der Waals surface area contributed by atoms with E-state index in [2.05, 4.69) is 27.5 Å². The molecule has 0 unspecified atom stereocenters. The van der Waals surface area contributed by atoms with E-state index in [0.29, 0.717) is 24.3 Å². The Hall–Kier alpha value is -1.85. The third kappa shape index (κ3) is 6.88. The van der Waals surface area contributed by atoms with E-state index in [4.69, 9.17) is 0 Å². The molecule has 1 amide bonds. The highest BCUT2D eigenvalue weighted by atomic mass is 16.1. The van der Waals surface area contributed by atoms with Gasteiger partial charge in [0.25, 0.3) is 0 Å². The predicted octanol–water partition coefficient (Wildman–Crippen LogP) is 3.21. The molecular weight excluding hydrogens is 314 g/mol. The number of nitrogens with zero attached hydrogens (tertiary/aromatic N) is 3. The van der Waals surface area contributed by atoms with Gasteiger partial charge < -0.3 is 15.5 Å². The molecule has 1 saturated carbocycles. The first-order chi connectivity index (χ1) is 12.1. The number of hydrogen-bond donors (Lipinski definition) is 2. The van der Waals surface area contributed by atoms with Crippen LogP contribution in [-0.2, 0) is 4.79 Å². The van der Waals surface area contributed by atoms with Gasteiger partial charge in [-0.3, -0.25) is 4.79 Å². The fourth-order valence-corrected chi connectivity index (χ4v) is 3.24. The summed E-state index contributed by atoms with van der Waals surface area (Å²) in [6.07, 6.45) is 10.3. The second kappa shape index (κ2) is 10.2. The molecule has 2 N–H and O–H groups in total. The average molecular weight is 348 g/mol. The molecule has 0 saturated heterocycles. The minimum absolute atomic E-state index is 0.211. The Morgan fingerprint density at radius 2 is 2.00 bits per heavy atom. The number of nitrogens with one attached hydrogen (secondary N) is 2. The lowest BCUT2D eigenvalue weighted by atomic mass is 9.86. The molecule has 0 spiro atoms. The van der Waals surface area contributed by atoms with Crippen molar-refractivity contribution in [2.24, 2.45) is 5.92 Å². The molecule has 6 heteroatoms. The Bertz CT molecular complexity index is 526. The Labute approximate surface area is 151 Å². The molecule has 6 nitrogen and oxygen atoms in total. The van der Waals surface area contributed by atoms with E-state index in [1.807, 2.05) is 25.1 Å². The lowest BCUT2D eigenvalue weighted by molar-refractivity contribution is -0.121. The Morgan fingerprint density at radius 3 is 2.68 bits per heavy atom. The summed E-state index contributed by atoms with van der Waals surface area (Å²) < 4.78 is 0. The molecule has 1 aromatic rings. The number of aromatic nitrogens is 2. The summed E-state index contributed by atoms with van der Waals surface area (Å²) in [5.41, 5.74) is 0. The summed E-state index contributed by atoms with van der Waals surface area (Å²) in [5, 5.41) is 6.57. The second-order valence-corrected chi connectivity index (χ2v) is 7.26. The van der Waals surface area contributed by atoms with E-state index in [0.717, 1.165) is 57.3 Å². The number of amides is 1. The molecule has 1 aliphatic rings. The van der Waals surface area contributed by atoms with Gasteiger partial charge in [0.2, 0.25) is 11.9 Å². The van der Waals surface area contributed by atoms with E-state index >= 15 is 0 Å². The van der Waals surface area contributed by atoms with Crippen molar-refractivity contribution in [2.75, 3.05) is 30.9 Å². The highest BCUT2D eigenvalue weighted by Crippen LogP contribution is 2.25. The number of unbranched alkanes of at least 4 members (excludes halogenated alkanes) is 2. The third-order valence-electron chi connectivity index (χ3n) is 4.87. The van der Waals surface area contributed by atoms with Crippen LogP contribution >= 0.6 is 0 Å². The number of rotatable bonds is 9. The first-order valence-electron chi connectivity index (χ1n) is 9.62. The van der Waals surface area contributed by atoms with Crippen LogP contribution < -0.4 is 15.5 Å². The largest absolute Gasteiger partial charge is 0.363 e. The van der Waals surface area contributed by atoms with Crippen LogP contribution in [-0.4, -0.2) is 42.6 Å². The Balaban J connectivity index is 1.67. The van der Waals surface area contributed by atoms with Crippen LogP contribution in [0.2, 0.25) is 0 Å². The maximum Gasteiger partial charge on any atom is 0.224 e. The molecule has 0 aromatic carbocycles. The molecule has 0 atom stereocenters. The van der Waals surface area contributed by atoms with Crippen molar-refractivity contribution in [1.82, 2.24) is 15.3 Å². The summed E-state index contributed by atoms with van der Waals surface area (Å²) in [6.45, 7) is 2.98. The minimum Gasteiger partial charge on any atom is -0.363 e. The second-order valence-electron chi connectivity index (χ2n) is 7.26. The molecule has 0 bridgehead atoms. The van der Waals surface area contributed by atoms with Crippen LogP contribution in [0.25, 0.3) is 0 Å². The van der Waals surface area contributed by atoms with Gasteiger partial charge in [-0.2, -0.15) is 4.98 Å². The first-order valence-corrected chi connectivity index (χ1v) is 9.62. The standard InChI is InChI=1S/C19H33N5O/c1-4-5-6-7-18(25)21-14-15-8-10-16(11-9-15)22-19-20-13-12-17(23-19)24(2)3/h12-13,15-16H,4-11,14H2,1-3H3,(H,21,25)(H,20,22,23)/t15-,16+. The van der Waals surface area contributed by atoms with Gasteiger partial charge in [-0.05, 0) is 44.1 Å². The first kappa shape index (κ1) is 19.5. The van der Waals surface area contributed by atoms with Gasteiger partial charge in [-0.25, -0.2) is 4.98 Å². The number of anilines is 2. The fraction of sp³-hybridized carbons (Fsp3) is 0.737. The monoisotopic (exact) mass is 347 g/mol.